The van der Waals surface area contributed by atoms with Gasteiger partial charge in [-0.1, -0.05) is 0 Å². The summed E-state index contributed by atoms with van der Waals surface area (Å²) in [5.41, 5.74) is 6.65. The molecule has 5 nitrogen and oxygen atoms in total. The highest BCUT2D eigenvalue weighted by atomic mass is 16.5. The van der Waals surface area contributed by atoms with Crippen LogP contribution in [-0.2, 0) is 0 Å². The second-order valence-electron chi connectivity index (χ2n) is 4.74. The third kappa shape index (κ3) is 3.04. The van der Waals surface area contributed by atoms with Crippen LogP contribution in [0.25, 0.3) is 0 Å². The zero-order chi connectivity index (χ0) is 13.0. The van der Waals surface area contributed by atoms with Crippen molar-refractivity contribution in [1.82, 2.24) is 9.88 Å². The second kappa shape index (κ2) is 5.91. The Kier molecular flexibility index (Phi) is 4.25. The van der Waals surface area contributed by atoms with Gasteiger partial charge in [-0.3, -0.25) is 0 Å². The number of nitrogens with zero attached hydrogens (tertiary/aromatic N) is 3. The summed E-state index contributed by atoms with van der Waals surface area (Å²) in [5.74, 6) is 1.40. The number of rotatable bonds is 5. The Morgan fingerprint density at radius 1 is 1.39 bits per heavy atom. The third-order valence-corrected chi connectivity index (χ3v) is 3.40. The van der Waals surface area contributed by atoms with Gasteiger partial charge in [-0.2, -0.15) is 4.98 Å². The Labute approximate surface area is 109 Å². The first kappa shape index (κ1) is 13.0. The molecule has 0 aliphatic carbocycles. The Morgan fingerprint density at radius 3 is 2.78 bits per heavy atom. The van der Waals surface area contributed by atoms with Gasteiger partial charge in [-0.25, -0.2) is 0 Å². The first-order valence-corrected chi connectivity index (χ1v) is 6.44. The molecule has 0 bridgehead atoms. The number of pyridine rings is 1. The molecule has 0 aromatic carbocycles. The Hall–Kier alpha value is -1.49. The number of nitrogens with two attached hydrogens (primary N) is 1. The highest BCUT2D eigenvalue weighted by molar-refractivity contribution is 5.63. The molecule has 1 aromatic heterocycles. The Balaban J connectivity index is 1.96. The van der Waals surface area contributed by atoms with Gasteiger partial charge in [-0.05, 0) is 32.0 Å². The lowest BCUT2D eigenvalue weighted by Crippen LogP contribution is -2.32. The van der Waals surface area contributed by atoms with Crippen molar-refractivity contribution < 1.29 is 4.74 Å². The molecule has 0 unspecified atom stereocenters. The molecular weight excluding hydrogens is 228 g/mol. The lowest BCUT2D eigenvalue weighted by Gasteiger charge is -2.23. The zero-order valence-corrected chi connectivity index (χ0v) is 11.2. The number of anilines is 2. The summed E-state index contributed by atoms with van der Waals surface area (Å²) in [5, 5.41) is 0. The summed E-state index contributed by atoms with van der Waals surface area (Å²) in [4.78, 5) is 8.97. The highest BCUT2D eigenvalue weighted by Gasteiger charge is 2.14. The van der Waals surface area contributed by atoms with Crippen molar-refractivity contribution in [2.45, 2.75) is 12.8 Å². The van der Waals surface area contributed by atoms with E-state index >= 15 is 0 Å². The number of likely N-dealkylation sites (tertiary alicyclic amines) is 1. The van der Waals surface area contributed by atoms with E-state index in [1.807, 2.05) is 13.1 Å². The van der Waals surface area contributed by atoms with Crippen molar-refractivity contribution >= 4 is 11.5 Å². The van der Waals surface area contributed by atoms with Crippen LogP contribution < -0.4 is 15.4 Å². The summed E-state index contributed by atoms with van der Waals surface area (Å²) in [7, 11) is 3.64. The molecular formula is C13H22N4O. The lowest BCUT2D eigenvalue weighted by atomic mass is 10.3. The number of likely N-dealkylation sites (N-methyl/N-ethyl adjacent to an activating group) is 1. The number of methoxy groups -OCH3 is 1. The van der Waals surface area contributed by atoms with Crippen molar-refractivity contribution in [2.75, 3.05) is 51.0 Å². The molecule has 0 saturated carbocycles. The van der Waals surface area contributed by atoms with E-state index in [9.17, 15) is 0 Å². The third-order valence-electron chi connectivity index (χ3n) is 3.40. The number of hydrogen-bond acceptors (Lipinski definition) is 5. The van der Waals surface area contributed by atoms with Gasteiger partial charge >= 0.3 is 0 Å². The number of hydrogen-bond donors (Lipinski definition) is 1. The Bertz CT molecular complexity index is 391. The van der Waals surface area contributed by atoms with Crippen molar-refractivity contribution in [3.63, 3.8) is 0 Å². The molecule has 5 heteroatoms. The van der Waals surface area contributed by atoms with Crippen LogP contribution in [0.2, 0.25) is 0 Å². The summed E-state index contributed by atoms with van der Waals surface area (Å²) < 4.78 is 5.13. The van der Waals surface area contributed by atoms with Crippen molar-refractivity contribution in [3.8, 4) is 5.88 Å². The maximum absolute atomic E-state index is 5.96. The average molecular weight is 250 g/mol. The van der Waals surface area contributed by atoms with Gasteiger partial charge < -0.3 is 20.3 Å². The molecule has 18 heavy (non-hydrogen) atoms. The molecule has 100 valence electrons. The van der Waals surface area contributed by atoms with Crippen LogP contribution >= 0.6 is 0 Å². The lowest BCUT2D eigenvalue weighted by molar-refractivity contribution is 0.346. The number of nitrogen functional groups attached to an aromatic ring is 1. The molecule has 0 spiro atoms. The van der Waals surface area contributed by atoms with Gasteiger partial charge in [0.05, 0.1) is 12.8 Å². The highest BCUT2D eigenvalue weighted by Crippen LogP contribution is 2.22. The molecule has 1 aliphatic heterocycles. The zero-order valence-electron chi connectivity index (χ0n) is 11.2. The number of ether oxygens (including phenoxy) is 1. The fourth-order valence-electron chi connectivity index (χ4n) is 2.26. The van der Waals surface area contributed by atoms with Gasteiger partial charge in [0.25, 0.3) is 0 Å². The van der Waals surface area contributed by atoms with Crippen LogP contribution in [0.1, 0.15) is 12.8 Å². The fourth-order valence-corrected chi connectivity index (χ4v) is 2.26. The fraction of sp³-hybridized carbons (Fsp3) is 0.615. The SMILES string of the molecule is COc1ccc(N)c(N(C)CCN2CCCC2)n1. The van der Waals surface area contributed by atoms with E-state index in [1.54, 1.807) is 13.2 Å². The van der Waals surface area contributed by atoms with Crippen LogP contribution in [0.15, 0.2) is 12.1 Å². The van der Waals surface area contributed by atoms with Gasteiger partial charge in [0.1, 0.15) is 0 Å². The second-order valence-corrected chi connectivity index (χ2v) is 4.74. The van der Waals surface area contributed by atoms with E-state index in [0.717, 1.165) is 18.9 Å². The first-order chi connectivity index (χ1) is 8.70. The van der Waals surface area contributed by atoms with Crippen LogP contribution in [0.5, 0.6) is 5.88 Å². The maximum Gasteiger partial charge on any atom is 0.215 e. The monoisotopic (exact) mass is 250 g/mol. The van der Waals surface area contributed by atoms with Crippen LogP contribution in [0.4, 0.5) is 11.5 Å². The minimum atomic E-state index is 0.604. The maximum atomic E-state index is 5.96. The predicted molar refractivity (Wildman–Crippen MR) is 74.1 cm³/mol. The van der Waals surface area contributed by atoms with E-state index in [0.29, 0.717) is 11.6 Å². The molecule has 2 N–H and O–H groups in total. The van der Waals surface area contributed by atoms with E-state index in [-0.39, 0.29) is 0 Å². The van der Waals surface area contributed by atoms with Crippen LogP contribution in [0.3, 0.4) is 0 Å². The molecule has 1 saturated heterocycles. The quantitative estimate of drug-likeness (QED) is 0.851. The van der Waals surface area contributed by atoms with Gasteiger partial charge in [0.2, 0.25) is 5.88 Å². The predicted octanol–water partition coefficient (Wildman–Crippen LogP) is 1.20. The average Bonchev–Trinajstić information content (AvgIpc) is 2.89. The largest absolute Gasteiger partial charge is 0.481 e. The van der Waals surface area contributed by atoms with Crippen LogP contribution in [-0.4, -0.2) is 50.2 Å². The smallest absolute Gasteiger partial charge is 0.215 e. The molecule has 2 heterocycles. The molecule has 0 atom stereocenters. The van der Waals surface area contributed by atoms with E-state index in [1.165, 1.54) is 25.9 Å². The van der Waals surface area contributed by atoms with Gasteiger partial charge in [0.15, 0.2) is 5.82 Å². The topological polar surface area (TPSA) is 54.6 Å². The summed E-state index contributed by atoms with van der Waals surface area (Å²) >= 11 is 0. The summed E-state index contributed by atoms with van der Waals surface area (Å²) in [6.45, 7) is 4.43. The van der Waals surface area contributed by atoms with Crippen LogP contribution in [0, 0.1) is 0 Å². The minimum Gasteiger partial charge on any atom is -0.481 e. The van der Waals surface area contributed by atoms with Crippen molar-refractivity contribution in [1.29, 1.82) is 0 Å². The van der Waals surface area contributed by atoms with E-state index < -0.39 is 0 Å². The van der Waals surface area contributed by atoms with Crippen molar-refractivity contribution in [3.05, 3.63) is 12.1 Å². The first-order valence-electron chi connectivity index (χ1n) is 6.44. The molecule has 0 radical (unpaired) electrons. The van der Waals surface area contributed by atoms with E-state index in [2.05, 4.69) is 14.8 Å². The van der Waals surface area contributed by atoms with Gasteiger partial charge in [0, 0.05) is 26.2 Å². The van der Waals surface area contributed by atoms with Gasteiger partial charge in [-0.15, -0.1) is 0 Å². The summed E-state index contributed by atoms with van der Waals surface area (Å²) in [6, 6.07) is 3.63. The molecule has 0 amide bonds. The molecule has 1 fully saturated rings. The Morgan fingerprint density at radius 2 is 2.11 bits per heavy atom. The summed E-state index contributed by atoms with van der Waals surface area (Å²) in [6.07, 6.45) is 2.65. The minimum absolute atomic E-state index is 0.604. The standard InChI is InChI=1S/C13H22N4O/c1-16(9-10-17-7-3-4-8-17)13-11(14)5-6-12(15-13)18-2/h5-6H,3-4,7-10,14H2,1-2H3. The van der Waals surface area contributed by atoms with E-state index in [4.69, 9.17) is 10.5 Å². The number of aromatic nitrogens is 1. The van der Waals surface area contributed by atoms with Crippen molar-refractivity contribution in [2.24, 2.45) is 0 Å². The normalized spacial score (nSPS) is 15.9. The molecule has 2 rings (SSSR count). The molecule has 1 aliphatic rings. The molecule has 1 aromatic rings.